The third-order valence-corrected chi connectivity index (χ3v) is 5.61. The van der Waals surface area contributed by atoms with Crippen molar-refractivity contribution >= 4 is 44.8 Å². The first-order valence-corrected chi connectivity index (χ1v) is 11.4. The smallest absolute Gasteiger partial charge is 0.267 e. The molecule has 2 aromatic rings. The van der Waals surface area contributed by atoms with Gasteiger partial charge in [-0.2, -0.15) is 0 Å². The van der Waals surface area contributed by atoms with Gasteiger partial charge in [-0.05, 0) is 43.2 Å². The summed E-state index contributed by atoms with van der Waals surface area (Å²) in [6.07, 6.45) is 2.69. The van der Waals surface area contributed by atoms with E-state index in [2.05, 4.69) is 4.90 Å². The average molecular weight is 461 g/mol. The van der Waals surface area contributed by atoms with E-state index in [1.54, 1.807) is 4.72 Å². The second-order valence-corrected chi connectivity index (χ2v) is 9.33. The molecule has 10 heteroatoms. The van der Waals surface area contributed by atoms with Gasteiger partial charge < -0.3 is 9.64 Å². The number of nitrogens with one attached hydrogen (secondary N) is 1. The monoisotopic (exact) mass is 460 g/mol. The van der Waals surface area contributed by atoms with Crippen molar-refractivity contribution in [1.29, 1.82) is 0 Å². The first-order chi connectivity index (χ1) is 13.6. The highest BCUT2D eigenvalue weighted by molar-refractivity contribution is 7.89. The molecule has 29 heavy (non-hydrogen) atoms. The molecule has 1 aliphatic heterocycles. The van der Waals surface area contributed by atoms with Crippen molar-refractivity contribution in [2.75, 3.05) is 24.3 Å². The lowest BCUT2D eigenvalue weighted by molar-refractivity contribution is 0.0977. The largest absolute Gasteiger partial charge is 0.490 e. The number of halogens is 3. The van der Waals surface area contributed by atoms with Crippen molar-refractivity contribution < 1.29 is 22.3 Å². The standard InChI is InChI=1S/C19H19Cl2FN2O4S/c1-29(26,27)23-19(25)15-9-16(21)18(10-17(15)22)28-11-14-3-2-8-24(14)13-6-4-12(20)5-7-13/h4-7,9-10,14H,2-3,8,11H2,1H3,(H,23,25)/t14-/m1/s1. The van der Waals surface area contributed by atoms with Gasteiger partial charge in [-0.15, -0.1) is 0 Å². The van der Waals surface area contributed by atoms with Gasteiger partial charge in [0.15, 0.2) is 0 Å². The summed E-state index contributed by atoms with van der Waals surface area (Å²) in [6, 6.07) is 9.62. The van der Waals surface area contributed by atoms with E-state index < -0.39 is 27.3 Å². The van der Waals surface area contributed by atoms with Crippen molar-refractivity contribution in [2.45, 2.75) is 18.9 Å². The maximum Gasteiger partial charge on any atom is 0.267 e. The fourth-order valence-electron chi connectivity index (χ4n) is 3.20. The summed E-state index contributed by atoms with van der Waals surface area (Å²) in [4.78, 5) is 14.1. The molecule has 156 valence electrons. The molecule has 0 radical (unpaired) electrons. The number of amides is 1. The number of carbonyl (C=O) groups excluding carboxylic acids is 1. The zero-order valence-electron chi connectivity index (χ0n) is 15.5. The molecule has 1 fully saturated rings. The Morgan fingerprint density at radius 2 is 1.97 bits per heavy atom. The Labute approximate surface area is 178 Å². The Morgan fingerprint density at radius 1 is 1.28 bits per heavy atom. The molecular weight excluding hydrogens is 442 g/mol. The van der Waals surface area contributed by atoms with Crippen LogP contribution in [0.15, 0.2) is 36.4 Å². The summed E-state index contributed by atoms with van der Waals surface area (Å²) >= 11 is 12.1. The molecule has 1 atom stereocenters. The van der Waals surface area contributed by atoms with E-state index in [9.17, 15) is 17.6 Å². The van der Waals surface area contributed by atoms with Gasteiger partial charge in [-0.3, -0.25) is 4.79 Å². The number of rotatable bonds is 6. The highest BCUT2D eigenvalue weighted by Gasteiger charge is 2.26. The second kappa shape index (κ2) is 8.77. The normalized spacial score (nSPS) is 16.7. The molecule has 3 rings (SSSR count). The van der Waals surface area contributed by atoms with Crippen LogP contribution in [0.3, 0.4) is 0 Å². The molecule has 0 saturated carbocycles. The number of anilines is 1. The Kier molecular flexibility index (Phi) is 6.55. The highest BCUT2D eigenvalue weighted by Crippen LogP contribution is 2.31. The van der Waals surface area contributed by atoms with Crippen LogP contribution in [0.25, 0.3) is 0 Å². The van der Waals surface area contributed by atoms with Crippen LogP contribution in [0, 0.1) is 5.82 Å². The number of carbonyl (C=O) groups is 1. The molecule has 0 aromatic heterocycles. The molecule has 1 heterocycles. The third-order valence-electron chi connectivity index (χ3n) is 4.51. The Morgan fingerprint density at radius 3 is 2.62 bits per heavy atom. The Balaban J connectivity index is 1.71. The van der Waals surface area contributed by atoms with Crippen LogP contribution >= 0.6 is 23.2 Å². The number of sulfonamides is 1. The lowest BCUT2D eigenvalue weighted by Gasteiger charge is -2.27. The van der Waals surface area contributed by atoms with Crippen molar-refractivity contribution in [2.24, 2.45) is 0 Å². The van der Waals surface area contributed by atoms with Gasteiger partial charge in [-0.1, -0.05) is 23.2 Å². The van der Waals surface area contributed by atoms with E-state index in [0.29, 0.717) is 5.02 Å². The summed E-state index contributed by atoms with van der Waals surface area (Å²) < 4.78 is 44.1. The molecule has 2 aromatic carbocycles. The van der Waals surface area contributed by atoms with Crippen molar-refractivity contribution in [3.8, 4) is 5.75 Å². The van der Waals surface area contributed by atoms with Gasteiger partial charge >= 0.3 is 0 Å². The predicted molar refractivity (Wildman–Crippen MR) is 111 cm³/mol. The molecular formula is C19H19Cl2FN2O4S. The topological polar surface area (TPSA) is 75.7 Å². The van der Waals surface area contributed by atoms with Crippen LogP contribution in [0.2, 0.25) is 10.0 Å². The Bertz CT molecular complexity index is 1020. The van der Waals surface area contributed by atoms with Gasteiger partial charge in [0, 0.05) is 23.3 Å². The number of ether oxygens (including phenoxy) is 1. The summed E-state index contributed by atoms with van der Waals surface area (Å²) in [7, 11) is -3.82. The molecule has 0 spiro atoms. The summed E-state index contributed by atoms with van der Waals surface area (Å²) in [6.45, 7) is 1.14. The second-order valence-electron chi connectivity index (χ2n) is 6.74. The van der Waals surface area contributed by atoms with Crippen molar-refractivity contribution in [3.05, 3.63) is 57.8 Å². The van der Waals surface area contributed by atoms with E-state index in [1.807, 2.05) is 24.3 Å². The van der Waals surface area contributed by atoms with Gasteiger partial charge in [0.2, 0.25) is 10.0 Å². The molecule has 6 nitrogen and oxygen atoms in total. The number of hydrogen-bond donors (Lipinski definition) is 1. The van der Waals surface area contributed by atoms with E-state index in [4.69, 9.17) is 27.9 Å². The number of nitrogens with zero attached hydrogens (tertiary/aromatic N) is 1. The summed E-state index contributed by atoms with van der Waals surface area (Å²) in [5.41, 5.74) is 0.544. The average Bonchev–Trinajstić information content (AvgIpc) is 3.09. The van der Waals surface area contributed by atoms with Gasteiger partial charge in [0.25, 0.3) is 5.91 Å². The minimum absolute atomic E-state index is 0.0149. The SMILES string of the molecule is CS(=O)(=O)NC(=O)c1cc(Cl)c(OC[C@H]2CCCN2c2ccc(Cl)cc2)cc1F. The van der Waals surface area contributed by atoms with E-state index in [1.165, 1.54) is 0 Å². The molecule has 0 unspecified atom stereocenters. The molecule has 1 N–H and O–H groups in total. The number of hydrogen-bond acceptors (Lipinski definition) is 5. The van der Waals surface area contributed by atoms with Crippen LogP contribution in [0.4, 0.5) is 10.1 Å². The van der Waals surface area contributed by atoms with Crippen LogP contribution in [0.5, 0.6) is 5.75 Å². The van der Waals surface area contributed by atoms with Crippen molar-refractivity contribution in [1.82, 2.24) is 4.72 Å². The van der Waals surface area contributed by atoms with E-state index >= 15 is 0 Å². The molecule has 1 saturated heterocycles. The summed E-state index contributed by atoms with van der Waals surface area (Å²) in [5.74, 6) is -1.93. The number of benzene rings is 2. The minimum Gasteiger partial charge on any atom is -0.490 e. The lowest BCUT2D eigenvalue weighted by atomic mass is 10.2. The molecule has 0 aliphatic carbocycles. The van der Waals surface area contributed by atoms with E-state index in [0.717, 1.165) is 43.5 Å². The molecule has 1 aliphatic rings. The van der Waals surface area contributed by atoms with Gasteiger partial charge in [0.1, 0.15) is 18.2 Å². The highest BCUT2D eigenvalue weighted by atomic mass is 35.5. The maximum atomic E-state index is 14.3. The van der Waals surface area contributed by atoms with Crippen LogP contribution in [-0.4, -0.2) is 39.8 Å². The van der Waals surface area contributed by atoms with Crippen LogP contribution in [-0.2, 0) is 10.0 Å². The van der Waals surface area contributed by atoms with Crippen LogP contribution in [0.1, 0.15) is 23.2 Å². The first-order valence-electron chi connectivity index (χ1n) is 8.80. The summed E-state index contributed by atoms with van der Waals surface area (Å²) in [5, 5.41) is 0.670. The maximum absolute atomic E-state index is 14.3. The lowest BCUT2D eigenvalue weighted by Crippen LogP contribution is -2.34. The minimum atomic E-state index is -3.82. The van der Waals surface area contributed by atoms with E-state index in [-0.39, 0.29) is 23.4 Å². The quantitative estimate of drug-likeness (QED) is 0.707. The fraction of sp³-hybridized carbons (Fsp3) is 0.316. The van der Waals surface area contributed by atoms with Gasteiger partial charge in [0.05, 0.1) is 22.9 Å². The molecule has 1 amide bonds. The van der Waals surface area contributed by atoms with Crippen LogP contribution < -0.4 is 14.4 Å². The third kappa shape index (κ3) is 5.52. The first kappa shape index (κ1) is 21.7. The molecule has 0 bridgehead atoms. The zero-order valence-corrected chi connectivity index (χ0v) is 17.8. The van der Waals surface area contributed by atoms with Crippen molar-refractivity contribution in [3.63, 3.8) is 0 Å². The Hall–Kier alpha value is -2.03. The predicted octanol–water partition coefficient (Wildman–Crippen LogP) is 3.87. The van der Waals surface area contributed by atoms with Gasteiger partial charge in [-0.25, -0.2) is 17.5 Å². The fourth-order valence-corrected chi connectivity index (χ4v) is 3.99. The zero-order chi connectivity index (χ0) is 21.2.